The lowest BCUT2D eigenvalue weighted by Crippen LogP contribution is -2.41. The number of sulfonamides is 1. The second-order valence-corrected chi connectivity index (χ2v) is 7.29. The zero-order valence-electron chi connectivity index (χ0n) is 10.4. The molecule has 1 fully saturated rings. The Bertz CT molecular complexity index is 511. The summed E-state index contributed by atoms with van der Waals surface area (Å²) >= 11 is 1.25. The van der Waals surface area contributed by atoms with Crippen LogP contribution < -0.4 is 0 Å². The van der Waals surface area contributed by atoms with Gasteiger partial charge < -0.3 is 9.84 Å². The lowest BCUT2D eigenvalue weighted by atomic mass is 10.2. The van der Waals surface area contributed by atoms with Gasteiger partial charge in [-0.3, -0.25) is 0 Å². The van der Waals surface area contributed by atoms with Gasteiger partial charge in [0.1, 0.15) is 0 Å². The zero-order chi connectivity index (χ0) is 13.3. The smallest absolute Gasteiger partial charge is 0.244 e. The van der Waals surface area contributed by atoms with Gasteiger partial charge in [0.25, 0.3) is 0 Å². The molecule has 7 heteroatoms. The Labute approximate surface area is 111 Å². The summed E-state index contributed by atoms with van der Waals surface area (Å²) in [7, 11) is -1.98. The molecule has 0 radical (unpaired) electrons. The molecule has 1 aromatic heterocycles. The molecule has 2 rings (SSSR count). The molecule has 18 heavy (non-hydrogen) atoms. The monoisotopic (exact) mass is 291 g/mol. The molecule has 1 aliphatic heterocycles. The van der Waals surface area contributed by atoms with Crippen LogP contribution in [-0.4, -0.2) is 43.6 Å². The Morgan fingerprint density at radius 3 is 2.89 bits per heavy atom. The van der Waals surface area contributed by atoms with Gasteiger partial charge in [-0.1, -0.05) is 0 Å². The highest BCUT2D eigenvalue weighted by Crippen LogP contribution is 2.29. The van der Waals surface area contributed by atoms with Crippen LogP contribution in [0.1, 0.15) is 18.2 Å². The average Bonchev–Trinajstić information content (AvgIpc) is 2.95. The Hall–Kier alpha value is -0.470. The van der Waals surface area contributed by atoms with Crippen LogP contribution in [0.5, 0.6) is 0 Å². The van der Waals surface area contributed by atoms with Crippen molar-refractivity contribution in [2.75, 3.05) is 13.7 Å². The summed E-state index contributed by atoms with van der Waals surface area (Å²) in [5.41, 5.74) is 0. The molecule has 2 heterocycles. The van der Waals surface area contributed by atoms with Gasteiger partial charge >= 0.3 is 0 Å². The van der Waals surface area contributed by atoms with Gasteiger partial charge in [-0.15, -0.1) is 11.3 Å². The molecule has 102 valence electrons. The van der Waals surface area contributed by atoms with E-state index in [2.05, 4.69) is 0 Å². The van der Waals surface area contributed by atoms with Gasteiger partial charge in [0.2, 0.25) is 10.0 Å². The fourth-order valence-corrected chi connectivity index (χ4v) is 4.91. The standard InChI is InChI=1S/C11H17NO4S2/c1-8-9(3-5-16-8)12(2)18(14,15)11-4-6-17-10(11)7-13/h4,6,8-9,13H,3,5,7H2,1-2H3. The predicted molar refractivity (Wildman–Crippen MR) is 69.0 cm³/mol. The summed E-state index contributed by atoms with van der Waals surface area (Å²) in [6.07, 6.45) is 0.608. The van der Waals surface area contributed by atoms with E-state index in [0.29, 0.717) is 17.9 Å². The molecule has 1 aliphatic rings. The predicted octanol–water partition coefficient (Wildman–Crippen LogP) is 1.04. The van der Waals surface area contributed by atoms with Crippen LogP contribution in [0.25, 0.3) is 0 Å². The highest BCUT2D eigenvalue weighted by molar-refractivity contribution is 7.89. The fourth-order valence-electron chi connectivity index (χ4n) is 2.21. The summed E-state index contributed by atoms with van der Waals surface area (Å²) in [6, 6.07) is 1.41. The summed E-state index contributed by atoms with van der Waals surface area (Å²) in [5.74, 6) is 0. The van der Waals surface area contributed by atoms with Crippen LogP contribution in [0.15, 0.2) is 16.3 Å². The van der Waals surface area contributed by atoms with Gasteiger partial charge in [-0.25, -0.2) is 8.42 Å². The Balaban J connectivity index is 2.31. The Kier molecular flexibility index (Phi) is 4.08. The molecule has 0 bridgehead atoms. The van der Waals surface area contributed by atoms with Crippen LogP contribution in [-0.2, 0) is 21.4 Å². The van der Waals surface area contributed by atoms with E-state index in [0.717, 1.165) is 0 Å². The van der Waals surface area contributed by atoms with Crippen molar-refractivity contribution >= 4 is 21.4 Å². The number of nitrogens with zero attached hydrogens (tertiary/aromatic N) is 1. The molecular weight excluding hydrogens is 274 g/mol. The lowest BCUT2D eigenvalue weighted by molar-refractivity contribution is 0.102. The zero-order valence-corrected chi connectivity index (χ0v) is 12.0. The van der Waals surface area contributed by atoms with E-state index in [1.54, 1.807) is 18.5 Å². The quantitative estimate of drug-likeness (QED) is 0.900. The van der Waals surface area contributed by atoms with Crippen LogP contribution >= 0.6 is 11.3 Å². The first-order valence-electron chi connectivity index (χ1n) is 5.75. The average molecular weight is 291 g/mol. The minimum absolute atomic E-state index is 0.0963. The summed E-state index contributed by atoms with van der Waals surface area (Å²) in [4.78, 5) is 0.685. The van der Waals surface area contributed by atoms with Crippen molar-refractivity contribution in [2.24, 2.45) is 0 Å². The second-order valence-electron chi connectivity index (χ2n) is 4.32. The number of hydrogen-bond acceptors (Lipinski definition) is 5. The number of aliphatic hydroxyl groups is 1. The number of likely N-dealkylation sites (N-methyl/N-ethyl adjacent to an activating group) is 1. The van der Waals surface area contributed by atoms with Crippen molar-refractivity contribution in [3.63, 3.8) is 0 Å². The molecule has 1 saturated heterocycles. The molecule has 0 saturated carbocycles. The van der Waals surface area contributed by atoms with Gasteiger partial charge in [-0.05, 0) is 24.8 Å². The lowest BCUT2D eigenvalue weighted by Gasteiger charge is -2.26. The first kappa shape index (κ1) is 14.0. The van der Waals surface area contributed by atoms with E-state index in [-0.39, 0.29) is 23.6 Å². The third kappa shape index (κ3) is 2.33. The van der Waals surface area contributed by atoms with Crippen molar-refractivity contribution in [2.45, 2.75) is 37.0 Å². The number of ether oxygens (including phenoxy) is 1. The Morgan fingerprint density at radius 2 is 2.33 bits per heavy atom. The molecular formula is C11H17NO4S2. The van der Waals surface area contributed by atoms with Crippen molar-refractivity contribution in [3.05, 3.63) is 16.3 Å². The summed E-state index contributed by atoms with van der Waals surface area (Å²) in [5, 5.41) is 10.9. The molecule has 1 N–H and O–H groups in total. The first-order chi connectivity index (χ1) is 8.48. The third-order valence-corrected chi connectivity index (χ3v) is 6.31. The largest absolute Gasteiger partial charge is 0.391 e. The molecule has 0 aromatic carbocycles. The topological polar surface area (TPSA) is 66.8 Å². The molecule has 0 aliphatic carbocycles. The van der Waals surface area contributed by atoms with E-state index in [4.69, 9.17) is 4.74 Å². The highest BCUT2D eigenvalue weighted by atomic mass is 32.2. The number of aliphatic hydroxyl groups excluding tert-OH is 1. The van der Waals surface area contributed by atoms with Crippen LogP contribution in [0.2, 0.25) is 0 Å². The van der Waals surface area contributed by atoms with Gasteiger partial charge in [0.05, 0.1) is 23.6 Å². The van der Waals surface area contributed by atoms with E-state index >= 15 is 0 Å². The maximum absolute atomic E-state index is 12.5. The van der Waals surface area contributed by atoms with Crippen molar-refractivity contribution in [3.8, 4) is 0 Å². The molecule has 0 spiro atoms. The van der Waals surface area contributed by atoms with E-state index < -0.39 is 10.0 Å². The van der Waals surface area contributed by atoms with Crippen LogP contribution in [0.3, 0.4) is 0 Å². The SMILES string of the molecule is CC1OCCC1N(C)S(=O)(=O)c1ccsc1CO. The molecule has 1 aromatic rings. The highest BCUT2D eigenvalue weighted by Gasteiger charge is 2.36. The van der Waals surface area contributed by atoms with Crippen LogP contribution in [0, 0.1) is 0 Å². The normalized spacial score (nSPS) is 24.9. The van der Waals surface area contributed by atoms with E-state index in [9.17, 15) is 13.5 Å². The number of hydrogen-bond donors (Lipinski definition) is 1. The molecule has 2 unspecified atom stereocenters. The van der Waals surface area contributed by atoms with Gasteiger partial charge in [0, 0.05) is 18.5 Å². The maximum Gasteiger partial charge on any atom is 0.244 e. The number of thiophene rings is 1. The Morgan fingerprint density at radius 1 is 1.61 bits per heavy atom. The maximum atomic E-state index is 12.5. The van der Waals surface area contributed by atoms with Gasteiger partial charge in [-0.2, -0.15) is 4.31 Å². The fraction of sp³-hybridized carbons (Fsp3) is 0.636. The van der Waals surface area contributed by atoms with Crippen molar-refractivity contribution in [1.29, 1.82) is 0 Å². The minimum Gasteiger partial charge on any atom is -0.391 e. The molecule has 2 atom stereocenters. The van der Waals surface area contributed by atoms with Crippen molar-refractivity contribution in [1.82, 2.24) is 4.31 Å². The second kappa shape index (κ2) is 5.26. The van der Waals surface area contributed by atoms with Crippen molar-refractivity contribution < 1.29 is 18.3 Å². The third-order valence-electron chi connectivity index (χ3n) is 3.31. The first-order valence-corrected chi connectivity index (χ1v) is 8.07. The van der Waals surface area contributed by atoms with Crippen LogP contribution in [0.4, 0.5) is 0 Å². The molecule has 0 amide bonds. The van der Waals surface area contributed by atoms with E-state index in [1.807, 2.05) is 6.92 Å². The minimum atomic E-state index is -3.55. The molecule has 5 nitrogen and oxygen atoms in total. The number of rotatable bonds is 4. The summed E-state index contributed by atoms with van der Waals surface area (Å²) in [6.45, 7) is 2.21. The van der Waals surface area contributed by atoms with Gasteiger partial charge in [0.15, 0.2) is 0 Å². The summed E-state index contributed by atoms with van der Waals surface area (Å²) < 4.78 is 31.7. The van der Waals surface area contributed by atoms with E-state index in [1.165, 1.54) is 15.6 Å².